The van der Waals surface area contributed by atoms with Crippen LogP contribution in [-0.4, -0.2) is 30.4 Å². The standard InChI is InChI=1S/C22H29ClN2O3/c1-22(2,3)20(16-9-5-4-6-10-16)28-21(27)25-15-18(26)14-24-13-17-11-7-8-12-19(17)23/h4-12,18,20,24,26H,13-15H2,1-3H3,(H,25,27). The Kier molecular flexibility index (Phi) is 8.30. The maximum absolute atomic E-state index is 12.2. The van der Waals surface area contributed by atoms with Crippen LogP contribution in [0.15, 0.2) is 54.6 Å². The first kappa shape index (κ1) is 22.2. The molecule has 0 saturated carbocycles. The third-order valence-electron chi connectivity index (χ3n) is 4.25. The van der Waals surface area contributed by atoms with Gasteiger partial charge in [0.25, 0.3) is 0 Å². The minimum Gasteiger partial charge on any atom is -0.441 e. The lowest BCUT2D eigenvalue weighted by Gasteiger charge is -2.30. The average Bonchev–Trinajstić information content (AvgIpc) is 2.66. The summed E-state index contributed by atoms with van der Waals surface area (Å²) >= 11 is 6.10. The fourth-order valence-corrected chi connectivity index (χ4v) is 3.01. The zero-order valence-electron chi connectivity index (χ0n) is 16.6. The number of carbonyl (C=O) groups is 1. The normalized spacial score (nSPS) is 13.6. The van der Waals surface area contributed by atoms with Crippen molar-refractivity contribution in [1.82, 2.24) is 10.6 Å². The van der Waals surface area contributed by atoms with Crippen LogP contribution in [0.2, 0.25) is 5.02 Å². The van der Waals surface area contributed by atoms with E-state index in [0.29, 0.717) is 18.1 Å². The second-order valence-corrected chi connectivity index (χ2v) is 8.23. The predicted molar refractivity (Wildman–Crippen MR) is 112 cm³/mol. The zero-order chi connectivity index (χ0) is 20.6. The van der Waals surface area contributed by atoms with Gasteiger partial charge in [-0.15, -0.1) is 0 Å². The van der Waals surface area contributed by atoms with Crippen LogP contribution < -0.4 is 10.6 Å². The van der Waals surface area contributed by atoms with Crippen molar-refractivity contribution in [3.63, 3.8) is 0 Å². The first-order valence-electron chi connectivity index (χ1n) is 9.39. The van der Waals surface area contributed by atoms with Crippen molar-refractivity contribution in [3.8, 4) is 0 Å². The van der Waals surface area contributed by atoms with Gasteiger partial charge in [0.1, 0.15) is 6.10 Å². The molecule has 0 radical (unpaired) electrons. The van der Waals surface area contributed by atoms with Crippen LogP contribution in [0.25, 0.3) is 0 Å². The molecule has 2 atom stereocenters. The van der Waals surface area contributed by atoms with Crippen LogP contribution in [0.3, 0.4) is 0 Å². The molecule has 28 heavy (non-hydrogen) atoms. The van der Waals surface area contributed by atoms with E-state index < -0.39 is 12.2 Å². The molecular weight excluding hydrogens is 376 g/mol. The number of nitrogens with one attached hydrogen (secondary N) is 2. The zero-order valence-corrected chi connectivity index (χ0v) is 17.4. The Balaban J connectivity index is 1.78. The topological polar surface area (TPSA) is 70.6 Å². The quantitative estimate of drug-likeness (QED) is 0.613. The number of hydrogen-bond donors (Lipinski definition) is 3. The maximum Gasteiger partial charge on any atom is 0.407 e. The van der Waals surface area contributed by atoms with Gasteiger partial charge in [0.15, 0.2) is 0 Å². The molecule has 2 aromatic rings. The van der Waals surface area contributed by atoms with Gasteiger partial charge in [0.2, 0.25) is 0 Å². The van der Waals surface area contributed by atoms with E-state index in [1.54, 1.807) is 0 Å². The third-order valence-corrected chi connectivity index (χ3v) is 4.62. The van der Waals surface area contributed by atoms with Gasteiger partial charge in [-0.2, -0.15) is 0 Å². The van der Waals surface area contributed by atoms with E-state index in [0.717, 1.165) is 11.1 Å². The molecule has 0 saturated heterocycles. The lowest BCUT2D eigenvalue weighted by atomic mass is 9.84. The number of carbonyl (C=O) groups excluding carboxylic acids is 1. The van der Waals surface area contributed by atoms with Crippen LogP contribution in [0, 0.1) is 5.41 Å². The average molecular weight is 405 g/mol. The number of hydrogen-bond acceptors (Lipinski definition) is 4. The second kappa shape index (κ2) is 10.5. The predicted octanol–water partition coefficient (Wildman–Crippen LogP) is 4.30. The Morgan fingerprint density at radius 3 is 2.36 bits per heavy atom. The summed E-state index contributed by atoms with van der Waals surface area (Å²) in [5.74, 6) is 0. The van der Waals surface area contributed by atoms with Crippen LogP contribution >= 0.6 is 11.6 Å². The van der Waals surface area contributed by atoms with Gasteiger partial charge < -0.3 is 20.5 Å². The maximum atomic E-state index is 12.2. The molecule has 2 unspecified atom stereocenters. The molecule has 6 heteroatoms. The number of ether oxygens (including phenoxy) is 1. The SMILES string of the molecule is CC(C)(C)C(OC(=O)NCC(O)CNCc1ccccc1Cl)c1ccccc1. The lowest BCUT2D eigenvalue weighted by Crippen LogP contribution is -2.39. The van der Waals surface area contributed by atoms with Crippen LogP contribution in [-0.2, 0) is 11.3 Å². The Bertz CT molecular complexity index is 747. The molecule has 0 heterocycles. The minimum atomic E-state index is -0.736. The first-order chi connectivity index (χ1) is 13.3. The molecule has 2 aromatic carbocycles. The number of benzene rings is 2. The van der Waals surface area contributed by atoms with Crippen molar-refractivity contribution in [1.29, 1.82) is 0 Å². The molecule has 0 aliphatic carbocycles. The van der Waals surface area contributed by atoms with Crippen LogP contribution in [0.5, 0.6) is 0 Å². The molecule has 0 spiro atoms. The van der Waals surface area contributed by atoms with Crippen LogP contribution in [0.4, 0.5) is 4.79 Å². The van der Waals surface area contributed by atoms with Gasteiger partial charge in [-0.3, -0.25) is 0 Å². The van der Waals surface area contributed by atoms with Crippen molar-refractivity contribution in [2.75, 3.05) is 13.1 Å². The highest BCUT2D eigenvalue weighted by Gasteiger charge is 2.30. The number of halogens is 1. The molecule has 0 aliphatic rings. The Morgan fingerprint density at radius 1 is 1.07 bits per heavy atom. The van der Waals surface area contributed by atoms with Crippen molar-refractivity contribution < 1.29 is 14.6 Å². The van der Waals surface area contributed by atoms with Crippen molar-refractivity contribution in [2.24, 2.45) is 5.41 Å². The van der Waals surface area contributed by atoms with Crippen LogP contribution in [0.1, 0.15) is 38.0 Å². The van der Waals surface area contributed by atoms with Gasteiger partial charge >= 0.3 is 6.09 Å². The monoisotopic (exact) mass is 404 g/mol. The van der Waals surface area contributed by atoms with E-state index in [2.05, 4.69) is 10.6 Å². The van der Waals surface area contributed by atoms with E-state index in [1.807, 2.05) is 75.4 Å². The summed E-state index contributed by atoms with van der Waals surface area (Å²) in [5.41, 5.74) is 1.64. The van der Waals surface area contributed by atoms with E-state index in [-0.39, 0.29) is 18.1 Å². The lowest BCUT2D eigenvalue weighted by molar-refractivity contribution is 0.0281. The summed E-state index contributed by atoms with van der Waals surface area (Å²) < 4.78 is 5.64. The number of aliphatic hydroxyl groups is 1. The van der Waals surface area contributed by atoms with E-state index in [1.165, 1.54) is 0 Å². The summed E-state index contributed by atoms with van der Waals surface area (Å²) in [6.45, 7) is 7.02. The Hall–Kier alpha value is -2.08. The number of rotatable bonds is 8. The summed E-state index contributed by atoms with van der Waals surface area (Å²) in [5, 5.41) is 16.5. The van der Waals surface area contributed by atoms with E-state index in [4.69, 9.17) is 16.3 Å². The Morgan fingerprint density at radius 2 is 1.71 bits per heavy atom. The molecule has 0 aliphatic heterocycles. The fraction of sp³-hybridized carbons (Fsp3) is 0.409. The van der Waals surface area contributed by atoms with E-state index in [9.17, 15) is 9.90 Å². The summed E-state index contributed by atoms with van der Waals surface area (Å²) in [6, 6.07) is 17.2. The Labute approximate surface area is 172 Å². The molecule has 5 nitrogen and oxygen atoms in total. The molecule has 1 amide bonds. The smallest absolute Gasteiger partial charge is 0.407 e. The first-order valence-corrected chi connectivity index (χ1v) is 9.77. The van der Waals surface area contributed by atoms with Gasteiger partial charge in [-0.1, -0.05) is 80.9 Å². The summed E-state index contributed by atoms with van der Waals surface area (Å²) in [6.07, 6.45) is -1.67. The highest BCUT2D eigenvalue weighted by atomic mass is 35.5. The van der Waals surface area contributed by atoms with Crippen molar-refractivity contribution in [2.45, 2.75) is 39.5 Å². The molecule has 2 rings (SSSR count). The van der Waals surface area contributed by atoms with Gasteiger partial charge in [0.05, 0.1) is 6.10 Å². The fourth-order valence-electron chi connectivity index (χ4n) is 2.81. The van der Waals surface area contributed by atoms with E-state index >= 15 is 0 Å². The summed E-state index contributed by atoms with van der Waals surface area (Å²) in [7, 11) is 0. The highest BCUT2D eigenvalue weighted by Crippen LogP contribution is 2.35. The highest BCUT2D eigenvalue weighted by molar-refractivity contribution is 6.31. The molecule has 152 valence electrons. The largest absolute Gasteiger partial charge is 0.441 e. The molecule has 0 aromatic heterocycles. The summed E-state index contributed by atoms with van der Waals surface area (Å²) in [4.78, 5) is 12.2. The number of alkyl carbamates (subject to hydrolysis) is 1. The number of aliphatic hydroxyl groups excluding tert-OH is 1. The molecular formula is C22H29ClN2O3. The molecule has 3 N–H and O–H groups in total. The molecule has 0 fully saturated rings. The van der Waals surface area contributed by atoms with Gasteiger partial charge in [0, 0.05) is 30.1 Å². The minimum absolute atomic E-state index is 0.0972. The second-order valence-electron chi connectivity index (χ2n) is 7.82. The van der Waals surface area contributed by atoms with Crippen molar-refractivity contribution >= 4 is 17.7 Å². The molecule has 0 bridgehead atoms. The van der Waals surface area contributed by atoms with Gasteiger partial charge in [-0.25, -0.2) is 4.79 Å². The van der Waals surface area contributed by atoms with Gasteiger partial charge in [-0.05, 0) is 17.2 Å². The number of amides is 1. The third kappa shape index (κ3) is 7.15. The van der Waals surface area contributed by atoms with Crippen molar-refractivity contribution in [3.05, 3.63) is 70.7 Å².